The summed E-state index contributed by atoms with van der Waals surface area (Å²) in [4.78, 5) is 21.0. The van der Waals surface area contributed by atoms with Gasteiger partial charge in [-0.05, 0) is 30.3 Å². The minimum Gasteiger partial charge on any atom is -0.323 e. The Labute approximate surface area is 140 Å². The van der Waals surface area contributed by atoms with E-state index in [2.05, 4.69) is 20.4 Å². The highest BCUT2D eigenvalue weighted by molar-refractivity contribution is 6.08. The van der Waals surface area contributed by atoms with Crippen molar-refractivity contribution in [3.63, 3.8) is 0 Å². The highest BCUT2D eigenvalue weighted by atomic mass is 19.1. The fourth-order valence-electron chi connectivity index (χ4n) is 2.46. The number of aliphatic imine (C=N–C) groups is 1. The van der Waals surface area contributed by atoms with Gasteiger partial charge in [0.15, 0.2) is 5.82 Å². The van der Waals surface area contributed by atoms with Crippen LogP contribution in [0.5, 0.6) is 0 Å². The molecule has 8 heteroatoms. The molecule has 124 valence electrons. The molecule has 1 aliphatic heterocycles. The second-order valence-corrected chi connectivity index (χ2v) is 5.36. The molecule has 1 N–H and O–H groups in total. The van der Waals surface area contributed by atoms with E-state index in [0.29, 0.717) is 17.9 Å². The summed E-state index contributed by atoms with van der Waals surface area (Å²) in [5, 5.41) is 7.02. The highest BCUT2D eigenvalue weighted by Crippen LogP contribution is 2.19. The quantitative estimate of drug-likeness (QED) is 0.745. The van der Waals surface area contributed by atoms with Crippen LogP contribution in [-0.4, -0.2) is 32.8 Å². The lowest BCUT2D eigenvalue weighted by atomic mass is 10.1. The van der Waals surface area contributed by atoms with Crippen molar-refractivity contribution in [2.75, 3.05) is 11.9 Å². The minimum absolute atomic E-state index is 0.139. The molecule has 1 aromatic carbocycles. The maximum absolute atomic E-state index is 13.6. The van der Waals surface area contributed by atoms with Gasteiger partial charge in [0.2, 0.25) is 11.6 Å². The molecule has 0 fully saturated rings. The van der Waals surface area contributed by atoms with Crippen LogP contribution in [-0.2, 0) is 0 Å². The average molecular weight is 339 g/mol. The van der Waals surface area contributed by atoms with Gasteiger partial charge in [-0.3, -0.25) is 9.79 Å². The first-order valence-electron chi connectivity index (χ1n) is 7.44. The minimum atomic E-state index is -0.507. The molecule has 6 nitrogen and oxygen atoms in total. The van der Waals surface area contributed by atoms with Crippen LogP contribution in [0.2, 0.25) is 0 Å². The fourth-order valence-corrected chi connectivity index (χ4v) is 2.46. The number of ketones is 1. The van der Waals surface area contributed by atoms with E-state index in [-0.39, 0.29) is 17.2 Å². The summed E-state index contributed by atoms with van der Waals surface area (Å²) < 4.78 is 27.9. The van der Waals surface area contributed by atoms with Gasteiger partial charge in [-0.25, -0.2) is 18.3 Å². The van der Waals surface area contributed by atoms with E-state index < -0.39 is 17.4 Å². The Balaban J connectivity index is 1.79. The molecule has 0 amide bonds. The number of aromatic nitrogens is 3. The van der Waals surface area contributed by atoms with Gasteiger partial charge in [-0.1, -0.05) is 6.08 Å². The van der Waals surface area contributed by atoms with Gasteiger partial charge in [0.1, 0.15) is 23.0 Å². The van der Waals surface area contributed by atoms with E-state index in [0.717, 1.165) is 6.20 Å². The van der Waals surface area contributed by atoms with Crippen LogP contribution in [0.1, 0.15) is 16.2 Å². The SMILES string of the molecule is O=C(c1ccc(F)cc1)c1nc(NC2=NCC=C2)c2cc(F)cn2n1. The van der Waals surface area contributed by atoms with Crippen molar-refractivity contribution >= 4 is 23.0 Å². The lowest BCUT2D eigenvalue weighted by Gasteiger charge is -2.08. The predicted octanol–water partition coefficient (Wildman–Crippen LogP) is 2.62. The number of carbonyl (C=O) groups excluding carboxylic acids is 1. The molecule has 0 saturated heterocycles. The third-order valence-electron chi connectivity index (χ3n) is 3.63. The highest BCUT2D eigenvalue weighted by Gasteiger charge is 2.18. The summed E-state index contributed by atoms with van der Waals surface area (Å²) in [5.74, 6) is -0.777. The molecular formula is C17H11F2N5O. The lowest BCUT2D eigenvalue weighted by Crippen LogP contribution is -2.16. The number of carbonyl (C=O) groups is 1. The molecule has 0 radical (unpaired) electrons. The van der Waals surface area contributed by atoms with Gasteiger partial charge >= 0.3 is 0 Å². The monoisotopic (exact) mass is 339 g/mol. The van der Waals surface area contributed by atoms with Crippen molar-refractivity contribution in [2.24, 2.45) is 4.99 Å². The molecule has 0 bridgehead atoms. The standard InChI is InChI=1S/C17H11F2N5O/c18-11-5-3-10(4-6-11)15(25)17-22-16(21-14-2-1-7-20-14)13-8-12(19)9-24(13)23-17/h1-6,8-9H,7H2,(H,20,21,22,23). The second-order valence-electron chi connectivity index (χ2n) is 5.36. The maximum Gasteiger partial charge on any atom is 0.232 e. The van der Waals surface area contributed by atoms with E-state index >= 15 is 0 Å². The van der Waals surface area contributed by atoms with E-state index in [1.54, 1.807) is 6.08 Å². The van der Waals surface area contributed by atoms with Crippen LogP contribution >= 0.6 is 0 Å². The number of nitrogens with zero attached hydrogens (tertiary/aromatic N) is 4. The third kappa shape index (κ3) is 2.89. The zero-order valence-electron chi connectivity index (χ0n) is 12.8. The molecule has 1 aliphatic rings. The zero-order chi connectivity index (χ0) is 17.4. The predicted molar refractivity (Wildman–Crippen MR) is 87.8 cm³/mol. The Morgan fingerprint density at radius 3 is 2.68 bits per heavy atom. The Morgan fingerprint density at radius 2 is 1.96 bits per heavy atom. The van der Waals surface area contributed by atoms with Gasteiger partial charge in [0.05, 0.1) is 12.7 Å². The first-order chi connectivity index (χ1) is 12.1. The molecule has 0 atom stereocenters. The fraction of sp³-hybridized carbons (Fsp3) is 0.0588. The Morgan fingerprint density at radius 1 is 1.16 bits per heavy atom. The molecule has 0 saturated carbocycles. The molecule has 0 unspecified atom stereocenters. The molecule has 0 spiro atoms. The van der Waals surface area contributed by atoms with Crippen LogP contribution in [0.4, 0.5) is 14.6 Å². The second kappa shape index (κ2) is 5.90. The molecule has 2 aromatic heterocycles. The van der Waals surface area contributed by atoms with Crippen LogP contribution in [0.3, 0.4) is 0 Å². The van der Waals surface area contributed by atoms with Crippen molar-refractivity contribution in [3.8, 4) is 0 Å². The van der Waals surface area contributed by atoms with E-state index in [1.807, 2.05) is 6.08 Å². The van der Waals surface area contributed by atoms with Crippen molar-refractivity contribution in [1.29, 1.82) is 0 Å². The number of halogens is 2. The first kappa shape index (κ1) is 15.1. The normalized spacial score (nSPS) is 13.3. The topological polar surface area (TPSA) is 71.7 Å². The smallest absolute Gasteiger partial charge is 0.232 e. The Bertz CT molecular complexity index is 1040. The van der Waals surface area contributed by atoms with Crippen molar-refractivity contribution in [1.82, 2.24) is 14.6 Å². The van der Waals surface area contributed by atoms with E-state index in [9.17, 15) is 13.6 Å². The van der Waals surface area contributed by atoms with Crippen LogP contribution in [0, 0.1) is 11.6 Å². The molecule has 0 aliphatic carbocycles. The third-order valence-corrected chi connectivity index (χ3v) is 3.63. The van der Waals surface area contributed by atoms with Crippen molar-refractivity contribution in [3.05, 3.63) is 71.7 Å². The Kier molecular flexibility index (Phi) is 3.57. The van der Waals surface area contributed by atoms with Crippen LogP contribution in [0.15, 0.2) is 53.7 Å². The van der Waals surface area contributed by atoms with Gasteiger partial charge < -0.3 is 5.32 Å². The first-order valence-corrected chi connectivity index (χ1v) is 7.44. The summed E-state index contributed by atoms with van der Waals surface area (Å²) in [5.41, 5.74) is 0.605. The summed E-state index contributed by atoms with van der Waals surface area (Å²) in [6.07, 6.45) is 4.76. The number of fused-ring (bicyclic) bond motifs is 1. The van der Waals surface area contributed by atoms with E-state index in [4.69, 9.17) is 0 Å². The van der Waals surface area contributed by atoms with Gasteiger partial charge in [0.25, 0.3) is 0 Å². The van der Waals surface area contributed by atoms with Gasteiger partial charge in [0, 0.05) is 11.6 Å². The molecular weight excluding hydrogens is 328 g/mol. The van der Waals surface area contributed by atoms with Gasteiger partial charge in [-0.2, -0.15) is 0 Å². The zero-order valence-corrected chi connectivity index (χ0v) is 12.8. The number of hydrogen-bond acceptors (Lipinski definition) is 5. The molecule has 4 rings (SSSR count). The van der Waals surface area contributed by atoms with Crippen molar-refractivity contribution < 1.29 is 13.6 Å². The maximum atomic E-state index is 13.6. The Hall–Kier alpha value is -3.42. The molecule has 3 aromatic rings. The largest absolute Gasteiger partial charge is 0.323 e. The van der Waals surface area contributed by atoms with E-state index in [1.165, 1.54) is 34.8 Å². The number of amidine groups is 1. The summed E-state index contributed by atoms with van der Waals surface area (Å²) in [7, 11) is 0. The number of benzene rings is 1. The summed E-state index contributed by atoms with van der Waals surface area (Å²) in [6.45, 7) is 0.542. The number of rotatable bonds is 3. The van der Waals surface area contributed by atoms with Crippen molar-refractivity contribution in [2.45, 2.75) is 0 Å². The van der Waals surface area contributed by atoms with Crippen LogP contribution < -0.4 is 5.32 Å². The number of hydrogen-bond donors (Lipinski definition) is 1. The number of anilines is 1. The lowest BCUT2D eigenvalue weighted by molar-refractivity contribution is 0.102. The van der Waals surface area contributed by atoms with Crippen LogP contribution in [0.25, 0.3) is 5.52 Å². The van der Waals surface area contributed by atoms with Gasteiger partial charge in [-0.15, -0.1) is 5.10 Å². The number of nitrogens with one attached hydrogen (secondary N) is 1. The average Bonchev–Trinajstić information content (AvgIpc) is 3.23. The molecule has 3 heterocycles. The summed E-state index contributed by atoms with van der Waals surface area (Å²) >= 11 is 0. The molecule has 25 heavy (non-hydrogen) atoms. The summed E-state index contributed by atoms with van der Waals surface area (Å²) in [6, 6.07) is 6.31.